The fourth-order valence-corrected chi connectivity index (χ4v) is 3.23. The van der Waals surface area contributed by atoms with Gasteiger partial charge in [-0.15, -0.1) is 0 Å². The van der Waals surface area contributed by atoms with E-state index in [9.17, 15) is 14.9 Å². The third kappa shape index (κ3) is 3.62. The summed E-state index contributed by atoms with van der Waals surface area (Å²) in [5.74, 6) is 0.458. The summed E-state index contributed by atoms with van der Waals surface area (Å²) in [6.07, 6.45) is 6.35. The molecular weight excluding hydrogens is 322 g/mol. The molecule has 2 aromatic rings. The maximum Gasteiger partial charge on any atom is 0.321 e. The average molecular weight is 343 g/mol. The molecule has 2 atom stereocenters. The zero-order valence-electron chi connectivity index (χ0n) is 14.3. The van der Waals surface area contributed by atoms with E-state index in [4.69, 9.17) is 0 Å². The molecule has 8 heteroatoms. The molecule has 1 aliphatic rings. The number of likely N-dealkylation sites (tertiary alicyclic amines) is 1. The molecular formula is C17H21N5O3. The zero-order valence-corrected chi connectivity index (χ0v) is 14.3. The first-order valence-electron chi connectivity index (χ1n) is 8.24. The van der Waals surface area contributed by atoms with Crippen molar-refractivity contribution in [1.82, 2.24) is 14.5 Å². The third-order valence-corrected chi connectivity index (χ3v) is 4.76. The Morgan fingerprint density at radius 1 is 1.44 bits per heavy atom. The lowest BCUT2D eigenvalue weighted by Gasteiger charge is -2.37. The summed E-state index contributed by atoms with van der Waals surface area (Å²) >= 11 is 0. The molecule has 0 unspecified atom stereocenters. The van der Waals surface area contributed by atoms with Crippen molar-refractivity contribution in [2.45, 2.75) is 26.3 Å². The van der Waals surface area contributed by atoms with Crippen molar-refractivity contribution in [3.8, 4) is 0 Å². The van der Waals surface area contributed by atoms with E-state index in [2.05, 4.69) is 17.2 Å². The number of benzene rings is 1. The van der Waals surface area contributed by atoms with Crippen molar-refractivity contribution in [3.05, 3.63) is 52.6 Å². The predicted octanol–water partition coefficient (Wildman–Crippen LogP) is 3.21. The molecule has 25 heavy (non-hydrogen) atoms. The molecule has 1 saturated heterocycles. The van der Waals surface area contributed by atoms with Crippen molar-refractivity contribution in [3.63, 3.8) is 0 Å². The van der Waals surface area contributed by atoms with Crippen LogP contribution in [0.4, 0.5) is 16.2 Å². The number of carbonyl (C=O) groups is 1. The number of nitrogens with one attached hydrogen (secondary N) is 1. The van der Waals surface area contributed by atoms with Gasteiger partial charge in [-0.3, -0.25) is 10.1 Å². The SMILES string of the molecule is Cc1cc(NC(=O)N2CC[C@H](C)[C@H](n3ccnc3)C2)ccc1[N+](=O)[O-]. The quantitative estimate of drug-likeness (QED) is 0.684. The monoisotopic (exact) mass is 343 g/mol. The zero-order chi connectivity index (χ0) is 18.0. The van der Waals surface area contributed by atoms with Crippen LogP contribution in [0.2, 0.25) is 0 Å². The minimum absolute atomic E-state index is 0.0463. The Balaban J connectivity index is 1.69. The average Bonchev–Trinajstić information content (AvgIpc) is 3.09. The standard InChI is InChI=1S/C17H21N5O3/c1-12-5-7-20(10-16(12)21-8-6-18-11-21)17(23)19-14-3-4-15(22(24)25)13(2)9-14/h3-4,6,8-9,11-12,16H,5,7,10H2,1-2H3,(H,19,23)/t12-,16+/m0/s1. The van der Waals surface area contributed by atoms with E-state index >= 15 is 0 Å². The summed E-state index contributed by atoms with van der Waals surface area (Å²) in [7, 11) is 0. The molecule has 1 aromatic carbocycles. The number of anilines is 1. The molecule has 1 aromatic heterocycles. The second kappa shape index (κ2) is 6.92. The fraction of sp³-hybridized carbons (Fsp3) is 0.412. The van der Waals surface area contributed by atoms with Crippen molar-refractivity contribution < 1.29 is 9.72 Å². The first kappa shape index (κ1) is 16.9. The minimum Gasteiger partial charge on any atom is -0.332 e. The van der Waals surface area contributed by atoms with E-state index in [0.717, 1.165) is 6.42 Å². The van der Waals surface area contributed by atoms with Crippen LogP contribution in [0.1, 0.15) is 24.9 Å². The van der Waals surface area contributed by atoms with Gasteiger partial charge in [0.2, 0.25) is 0 Å². The Kier molecular flexibility index (Phi) is 4.69. The van der Waals surface area contributed by atoms with Gasteiger partial charge >= 0.3 is 6.03 Å². The summed E-state index contributed by atoms with van der Waals surface area (Å²) in [5, 5.41) is 13.7. The first-order valence-corrected chi connectivity index (χ1v) is 8.24. The van der Waals surface area contributed by atoms with Crippen molar-refractivity contribution in [2.75, 3.05) is 18.4 Å². The van der Waals surface area contributed by atoms with Gasteiger partial charge in [-0.1, -0.05) is 6.92 Å². The fourth-order valence-electron chi connectivity index (χ4n) is 3.23. The maximum atomic E-state index is 12.6. The van der Waals surface area contributed by atoms with Crippen LogP contribution in [0, 0.1) is 23.0 Å². The van der Waals surface area contributed by atoms with Crippen molar-refractivity contribution in [1.29, 1.82) is 0 Å². The second-order valence-electron chi connectivity index (χ2n) is 6.48. The highest BCUT2D eigenvalue weighted by Gasteiger charge is 2.30. The molecule has 0 saturated carbocycles. The lowest BCUT2D eigenvalue weighted by Crippen LogP contribution is -2.45. The summed E-state index contributed by atoms with van der Waals surface area (Å²) in [6, 6.07) is 4.60. The predicted molar refractivity (Wildman–Crippen MR) is 93.5 cm³/mol. The Hall–Kier alpha value is -2.90. The van der Waals surface area contributed by atoms with Crippen LogP contribution >= 0.6 is 0 Å². The molecule has 0 radical (unpaired) electrons. The lowest BCUT2D eigenvalue weighted by molar-refractivity contribution is -0.385. The number of hydrogen-bond donors (Lipinski definition) is 1. The number of aryl methyl sites for hydroxylation is 1. The minimum atomic E-state index is -0.428. The normalized spacial score (nSPS) is 20.3. The molecule has 132 valence electrons. The highest BCUT2D eigenvalue weighted by molar-refractivity contribution is 5.89. The second-order valence-corrected chi connectivity index (χ2v) is 6.48. The largest absolute Gasteiger partial charge is 0.332 e. The van der Waals surface area contributed by atoms with Crippen LogP contribution in [-0.2, 0) is 0 Å². The summed E-state index contributed by atoms with van der Waals surface area (Å²) in [4.78, 5) is 28.9. The number of carbonyl (C=O) groups excluding carboxylic acids is 1. The maximum absolute atomic E-state index is 12.6. The van der Waals surface area contributed by atoms with Crippen LogP contribution in [0.25, 0.3) is 0 Å². The smallest absolute Gasteiger partial charge is 0.321 e. The van der Waals surface area contributed by atoms with Crippen LogP contribution < -0.4 is 5.32 Å². The molecule has 1 fully saturated rings. The Morgan fingerprint density at radius 2 is 2.24 bits per heavy atom. The molecule has 8 nitrogen and oxygen atoms in total. The number of urea groups is 1. The molecule has 1 aliphatic heterocycles. The van der Waals surface area contributed by atoms with E-state index in [1.54, 1.807) is 36.5 Å². The Morgan fingerprint density at radius 3 is 2.88 bits per heavy atom. The van der Waals surface area contributed by atoms with E-state index in [1.165, 1.54) is 6.07 Å². The summed E-state index contributed by atoms with van der Waals surface area (Å²) in [6.45, 7) is 5.13. The van der Waals surface area contributed by atoms with E-state index in [1.807, 2.05) is 10.8 Å². The van der Waals surface area contributed by atoms with Crippen molar-refractivity contribution in [2.24, 2.45) is 5.92 Å². The number of hydrogen-bond acceptors (Lipinski definition) is 4. The number of amides is 2. The summed E-state index contributed by atoms with van der Waals surface area (Å²) in [5.41, 5.74) is 1.13. The topological polar surface area (TPSA) is 93.3 Å². The lowest BCUT2D eigenvalue weighted by atomic mass is 9.93. The number of rotatable bonds is 3. The molecule has 1 N–H and O–H groups in total. The number of nitro benzene ring substituents is 1. The van der Waals surface area contributed by atoms with Crippen LogP contribution in [-0.4, -0.2) is 38.5 Å². The van der Waals surface area contributed by atoms with Gasteiger partial charge < -0.3 is 14.8 Å². The molecule has 0 aliphatic carbocycles. The molecule has 0 spiro atoms. The number of nitro groups is 1. The van der Waals surface area contributed by atoms with Gasteiger partial charge in [0, 0.05) is 42.8 Å². The number of piperidine rings is 1. The molecule has 2 heterocycles. The van der Waals surface area contributed by atoms with Gasteiger partial charge in [0.25, 0.3) is 5.69 Å². The van der Waals surface area contributed by atoms with E-state index < -0.39 is 4.92 Å². The number of aromatic nitrogens is 2. The number of imidazole rings is 1. The first-order chi connectivity index (χ1) is 12.0. The van der Waals surface area contributed by atoms with Gasteiger partial charge in [-0.05, 0) is 31.4 Å². The van der Waals surface area contributed by atoms with Crippen LogP contribution in [0.5, 0.6) is 0 Å². The highest BCUT2D eigenvalue weighted by atomic mass is 16.6. The molecule has 0 bridgehead atoms. The highest BCUT2D eigenvalue weighted by Crippen LogP contribution is 2.28. The summed E-state index contributed by atoms with van der Waals surface area (Å²) < 4.78 is 2.04. The van der Waals surface area contributed by atoms with Gasteiger partial charge in [-0.25, -0.2) is 9.78 Å². The van der Waals surface area contributed by atoms with E-state index in [0.29, 0.717) is 30.3 Å². The number of nitrogens with zero attached hydrogens (tertiary/aromatic N) is 4. The molecule has 2 amide bonds. The van der Waals surface area contributed by atoms with Gasteiger partial charge in [0.05, 0.1) is 17.3 Å². The van der Waals surface area contributed by atoms with Gasteiger partial charge in [-0.2, -0.15) is 0 Å². The van der Waals surface area contributed by atoms with E-state index in [-0.39, 0.29) is 17.8 Å². The Labute approximate surface area is 145 Å². The van der Waals surface area contributed by atoms with Crippen molar-refractivity contribution >= 4 is 17.4 Å². The van der Waals surface area contributed by atoms with Crippen LogP contribution in [0.3, 0.4) is 0 Å². The molecule has 3 rings (SSSR count). The van der Waals surface area contributed by atoms with Gasteiger partial charge in [0.15, 0.2) is 0 Å². The third-order valence-electron chi connectivity index (χ3n) is 4.76. The van der Waals surface area contributed by atoms with Gasteiger partial charge in [0.1, 0.15) is 0 Å². The Bertz CT molecular complexity index is 775. The van der Waals surface area contributed by atoms with Crippen LogP contribution in [0.15, 0.2) is 36.9 Å².